The van der Waals surface area contributed by atoms with Gasteiger partial charge in [0.25, 0.3) is 5.91 Å². The molecule has 0 atom stereocenters. The van der Waals surface area contributed by atoms with E-state index < -0.39 is 0 Å². The highest BCUT2D eigenvalue weighted by Crippen LogP contribution is 2.24. The maximum Gasteiger partial charge on any atom is 0.269 e. The van der Waals surface area contributed by atoms with E-state index in [9.17, 15) is 9.59 Å². The maximum atomic E-state index is 12.2. The van der Waals surface area contributed by atoms with Crippen molar-refractivity contribution in [2.24, 2.45) is 0 Å². The van der Waals surface area contributed by atoms with Gasteiger partial charge in [-0.2, -0.15) is 0 Å². The number of rotatable bonds is 8. The molecule has 2 aromatic carbocycles. The second kappa shape index (κ2) is 10.2. The van der Waals surface area contributed by atoms with Gasteiger partial charge in [0.2, 0.25) is 5.91 Å². The number of methoxy groups -OCH3 is 2. The summed E-state index contributed by atoms with van der Waals surface area (Å²) < 4.78 is 10.4. The van der Waals surface area contributed by atoms with Crippen LogP contribution in [0.1, 0.15) is 29.8 Å². The first-order chi connectivity index (χ1) is 13.5. The van der Waals surface area contributed by atoms with Crippen LogP contribution in [0.2, 0.25) is 0 Å². The highest BCUT2D eigenvalue weighted by molar-refractivity contribution is 5.95. The summed E-state index contributed by atoms with van der Waals surface area (Å²) in [6.07, 6.45) is 0.0638. The standard InChI is InChI=1S/C21H27N3O4/c1-5-24(6-2)17-10-7-15(8-11-17)21(26)23-22-20(25)13-16-9-12-18(27-3)14-19(16)28-4/h7-12,14H,5-6,13H2,1-4H3,(H,22,25)(H,23,26). The molecule has 0 aliphatic carbocycles. The van der Waals surface area contributed by atoms with E-state index >= 15 is 0 Å². The van der Waals surface area contributed by atoms with Crippen LogP contribution in [-0.2, 0) is 11.2 Å². The molecule has 2 amide bonds. The molecule has 0 unspecified atom stereocenters. The van der Waals surface area contributed by atoms with Crippen LogP contribution < -0.4 is 25.2 Å². The molecule has 0 spiro atoms. The predicted molar refractivity (Wildman–Crippen MR) is 109 cm³/mol. The van der Waals surface area contributed by atoms with Crippen molar-refractivity contribution in [2.75, 3.05) is 32.2 Å². The molecule has 7 nitrogen and oxygen atoms in total. The second-order valence-corrected chi connectivity index (χ2v) is 6.08. The molecule has 2 N–H and O–H groups in total. The quantitative estimate of drug-likeness (QED) is 0.683. The van der Waals surface area contributed by atoms with Crippen LogP contribution in [0.3, 0.4) is 0 Å². The predicted octanol–water partition coefficient (Wildman–Crippen LogP) is 2.55. The first kappa shape index (κ1) is 21.1. The summed E-state index contributed by atoms with van der Waals surface area (Å²) in [5.74, 6) is 0.466. The van der Waals surface area contributed by atoms with Gasteiger partial charge in [0, 0.05) is 36.0 Å². The van der Waals surface area contributed by atoms with Gasteiger partial charge in [-0.15, -0.1) is 0 Å². The second-order valence-electron chi connectivity index (χ2n) is 6.08. The Morgan fingerprint density at radius 2 is 1.61 bits per heavy atom. The zero-order valence-electron chi connectivity index (χ0n) is 16.7. The number of hydrogen-bond donors (Lipinski definition) is 2. The molecule has 150 valence electrons. The van der Waals surface area contributed by atoms with Gasteiger partial charge >= 0.3 is 0 Å². The summed E-state index contributed by atoms with van der Waals surface area (Å²) >= 11 is 0. The van der Waals surface area contributed by atoms with Crippen LogP contribution in [0.15, 0.2) is 42.5 Å². The average molecular weight is 385 g/mol. The minimum absolute atomic E-state index is 0.0638. The van der Waals surface area contributed by atoms with Crippen LogP contribution in [0.25, 0.3) is 0 Å². The number of ether oxygens (including phenoxy) is 2. The number of anilines is 1. The lowest BCUT2D eigenvalue weighted by molar-refractivity contribution is -0.121. The van der Waals surface area contributed by atoms with E-state index in [1.807, 2.05) is 12.1 Å². The van der Waals surface area contributed by atoms with Gasteiger partial charge in [0.15, 0.2) is 0 Å². The number of nitrogens with zero attached hydrogens (tertiary/aromatic N) is 1. The SMILES string of the molecule is CCN(CC)c1ccc(C(=O)NNC(=O)Cc2ccc(OC)cc2OC)cc1. The van der Waals surface area contributed by atoms with Gasteiger partial charge in [0.1, 0.15) is 11.5 Å². The van der Waals surface area contributed by atoms with Crippen LogP contribution in [0.4, 0.5) is 5.69 Å². The van der Waals surface area contributed by atoms with Crippen molar-refractivity contribution in [3.8, 4) is 11.5 Å². The molecule has 0 saturated heterocycles. The fraction of sp³-hybridized carbons (Fsp3) is 0.333. The van der Waals surface area contributed by atoms with Crippen molar-refractivity contribution < 1.29 is 19.1 Å². The Balaban J connectivity index is 1.93. The summed E-state index contributed by atoms with van der Waals surface area (Å²) in [6, 6.07) is 12.5. The van der Waals surface area contributed by atoms with Gasteiger partial charge in [-0.3, -0.25) is 20.4 Å². The lowest BCUT2D eigenvalue weighted by Crippen LogP contribution is -2.42. The molecule has 2 aromatic rings. The lowest BCUT2D eigenvalue weighted by Gasteiger charge is -2.21. The highest BCUT2D eigenvalue weighted by atomic mass is 16.5. The summed E-state index contributed by atoms with van der Waals surface area (Å²) in [4.78, 5) is 26.6. The van der Waals surface area contributed by atoms with E-state index in [4.69, 9.17) is 9.47 Å². The van der Waals surface area contributed by atoms with E-state index in [2.05, 4.69) is 29.6 Å². The zero-order valence-corrected chi connectivity index (χ0v) is 16.7. The Morgan fingerprint density at radius 3 is 2.18 bits per heavy atom. The number of hydrogen-bond acceptors (Lipinski definition) is 5. The van der Waals surface area contributed by atoms with E-state index in [1.165, 1.54) is 7.11 Å². The number of benzene rings is 2. The minimum atomic E-state index is -0.374. The number of nitrogens with one attached hydrogen (secondary N) is 2. The molecule has 0 aromatic heterocycles. The van der Waals surface area contributed by atoms with E-state index in [-0.39, 0.29) is 18.2 Å². The minimum Gasteiger partial charge on any atom is -0.497 e. The van der Waals surface area contributed by atoms with E-state index in [1.54, 1.807) is 37.4 Å². The first-order valence-corrected chi connectivity index (χ1v) is 9.17. The van der Waals surface area contributed by atoms with Crippen molar-refractivity contribution in [3.05, 3.63) is 53.6 Å². The normalized spacial score (nSPS) is 10.1. The molecule has 2 rings (SSSR count). The smallest absolute Gasteiger partial charge is 0.269 e. The van der Waals surface area contributed by atoms with Crippen molar-refractivity contribution in [1.82, 2.24) is 10.9 Å². The van der Waals surface area contributed by atoms with Crippen LogP contribution in [-0.4, -0.2) is 39.1 Å². The number of carbonyl (C=O) groups is 2. The molecule has 0 saturated carbocycles. The topological polar surface area (TPSA) is 79.9 Å². The number of hydrazine groups is 1. The largest absolute Gasteiger partial charge is 0.497 e. The summed E-state index contributed by atoms with van der Waals surface area (Å²) in [6.45, 7) is 5.95. The molecule has 0 aliphatic rings. The van der Waals surface area contributed by atoms with Crippen molar-refractivity contribution in [1.29, 1.82) is 0 Å². The van der Waals surface area contributed by atoms with Crippen molar-refractivity contribution >= 4 is 17.5 Å². The van der Waals surface area contributed by atoms with Gasteiger partial charge in [-0.1, -0.05) is 6.07 Å². The fourth-order valence-electron chi connectivity index (χ4n) is 2.83. The van der Waals surface area contributed by atoms with Gasteiger partial charge in [-0.25, -0.2) is 0 Å². The molecule has 0 radical (unpaired) electrons. The van der Waals surface area contributed by atoms with Gasteiger partial charge in [-0.05, 0) is 44.2 Å². The van der Waals surface area contributed by atoms with Gasteiger partial charge < -0.3 is 14.4 Å². The molecule has 0 aliphatic heterocycles. The molecular weight excluding hydrogens is 358 g/mol. The Kier molecular flexibility index (Phi) is 7.68. The van der Waals surface area contributed by atoms with E-state index in [0.29, 0.717) is 22.6 Å². The van der Waals surface area contributed by atoms with Crippen molar-refractivity contribution in [3.63, 3.8) is 0 Å². The Morgan fingerprint density at radius 1 is 0.929 bits per heavy atom. The average Bonchev–Trinajstić information content (AvgIpc) is 2.73. The monoisotopic (exact) mass is 385 g/mol. The number of carbonyl (C=O) groups excluding carboxylic acids is 2. The Bertz CT molecular complexity index is 802. The highest BCUT2D eigenvalue weighted by Gasteiger charge is 2.12. The molecule has 0 heterocycles. The van der Waals surface area contributed by atoms with E-state index in [0.717, 1.165) is 18.8 Å². The molecule has 0 fully saturated rings. The zero-order chi connectivity index (χ0) is 20.5. The first-order valence-electron chi connectivity index (χ1n) is 9.17. The lowest BCUT2D eigenvalue weighted by atomic mass is 10.1. The molecule has 0 bridgehead atoms. The third-order valence-electron chi connectivity index (χ3n) is 4.42. The van der Waals surface area contributed by atoms with Crippen LogP contribution >= 0.6 is 0 Å². The van der Waals surface area contributed by atoms with Crippen LogP contribution in [0.5, 0.6) is 11.5 Å². The Labute approximate surface area is 165 Å². The van der Waals surface area contributed by atoms with Gasteiger partial charge in [0.05, 0.1) is 20.6 Å². The number of amides is 2. The third kappa shape index (κ3) is 5.39. The van der Waals surface area contributed by atoms with Crippen molar-refractivity contribution in [2.45, 2.75) is 20.3 Å². The molecule has 28 heavy (non-hydrogen) atoms. The summed E-state index contributed by atoms with van der Waals surface area (Å²) in [5, 5.41) is 0. The molecular formula is C21H27N3O4. The van der Waals surface area contributed by atoms with Crippen LogP contribution in [0, 0.1) is 0 Å². The maximum absolute atomic E-state index is 12.2. The molecule has 7 heteroatoms. The Hall–Kier alpha value is -3.22. The summed E-state index contributed by atoms with van der Waals surface area (Å²) in [5.41, 5.74) is 7.09. The third-order valence-corrected chi connectivity index (χ3v) is 4.42. The fourth-order valence-corrected chi connectivity index (χ4v) is 2.83. The summed E-state index contributed by atoms with van der Waals surface area (Å²) in [7, 11) is 3.09.